The fourth-order valence-corrected chi connectivity index (χ4v) is 6.31. The molecule has 0 aliphatic carbocycles. The summed E-state index contributed by atoms with van der Waals surface area (Å²) in [5.41, 5.74) is 0.866. The number of piperazine rings is 1. The Bertz CT molecular complexity index is 1520. The monoisotopic (exact) mass is 514 g/mol. The molecule has 4 aliphatic heterocycles. The number of likely N-dealkylation sites (tertiary alicyclic amines) is 1. The van der Waals surface area contributed by atoms with Crippen molar-refractivity contribution >= 4 is 27.5 Å². The van der Waals surface area contributed by atoms with Crippen molar-refractivity contribution in [2.75, 3.05) is 38.2 Å². The molecular weight excluding hydrogens is 483 g/mol. The number of benzene rings is 2. The maximum atomic E-state index is 16.4. The largest absolute Gasteiger partial charge is 0.508 e. The van der Waals surface area contributed by atoms with Crippen LogP contribution >= 0.6 is 0 Å². The van der Waals surface area contributed by atoms with Gasteiger partial charge >= 0.3 is 6.01 Å². The van der Waals surface area contributed by atoms with E-state index in [1.807, 2.05) is 24.3 Å². The number of aromatic hydroxyl groups is 1. The number of hydrogen-bond donors (Lipinski definition) is 2. The lowest BCUT2D eigenvalue weighted by Crippen LogP contribution is -2.61. The molecular formula is C29H31FN6O2. The number of phenolic OH excluding ortho intramolecular Hbond substituents is 1. The normalized spacial score (nSPS) is 23.5. The maximum absolute atomic E-state index is 16.4. The molecule has 6 heterocycles. The fraction of sp³-hybridized carbons (Fsp3) is 0.414. The zero-order valence-corrected chi connectivity index (χ0v) is 21.4. The van der Waals surface area contributed by atoms with Gasteiger partial charge in [0.2, 0.25) is 0 Å². The van der Waals surface area contributed by atoms with Gasteiger partial charge in [-0.2, -0.15) is 9.97 Å². The van der Waals surface area contributed by atoms with E-state index in [0.717, 1.165) is 56.1 Å². The lowest BCUT2D eigenvalue weighted by molar-refractivity contribution is 0.188. The number of piperidine rings is 2. The number of halogens is 1. The Morgan fingerprint density at radius 1 is 1.13 bits per heavy atom. The summed E-state index contributed by atoms with van der Waals surface area (Å²) in [6.45, 7) is 3.19. The summed E-state index contributed by atoms with van der Waals surface area (Å²) >= 11 is 0. The topological polar surface area (TPSA) is 86.6 Å². The summed E-state index contributed by atoms with van der Waals surface area (Å²) in [5.74, 6) is 0.203. The molecule has 0 unspecified atom stereocenters. The van der Waals surface area contributed by atoms with Gasteiger partial charge in [0.25, 0.3) is 0 Å². The number of ether oxygens (including phenoxy) is 1. The number of aromatic nitrogens is 3. The molecule has 4 fully saturated rings. The van der Waals surface area contributed by atoms with Crippen molar-refractivity contribution in [2.45, 2.75) is 43.8 Å². The number of nitrogens with one attached hydrogen (secondary N) is 1. The van der Waals surface area contributed by atoms with Gasteiger partial charge in [-0.25, -0.2) is 4.39 Å². The Hall–Kier alpha value is -3.56. The van der Waals surface area contributed by atoms with Crippen molar-refractivity contribution in [1.29, 1.82) is 0 Å². The zero-order valence-electron chi connectivity index (χ0n) is 21.4. The molecule has 0 saturated carbocycles. The van der Waals surface area contributed by atoms with Gasteiger partial charge in [-0.15, -0.1) is 0 Å². The van der Waals surface area contributed by atoms with Crippen molar-refractivity contribution < 1.29 is 14.2 Å². The molecule has 2 aromatic carbocycles. The van der Waals surface area contributed by atoms with Crippen LogP contribution < -0.4 is 15.0 Å². The van der Waals surface area contributed by atoms with Crippen molar-refractivity contribution in [3.63, 3.8) is 0 Å². The second-order valence-electron chi connectivity index (χ2n) is 10.8. The Kier molecular flexibility index (Phi) is 5.78. The molecule has 2 N–H and O–H groups in total. The zero-order chi connectivity index (χ0) is 25.8. The third-order valence-corrected chi connectivity index (χ3v) is 8.44. The minimum absolute atomic E-state index is 0.0601. The number of fused-ring (bicyclic) bond motifs is 5. The van der Waals surface area contributed by atoms with Crippen LogP contribution in [0.3, 0.4) is 0 Å². The molecule has 0 amide bonds. The average molecular weight is 515 g/mol. The van der Waals surface area contributed by atoms with Crippen molar-refractivity contribution in [2.24, 2.45) is 0 Å². The first-order chi connectivity index (χ1) is 18.5. The molecule has 0 spiro atoms. The van der Waals surface area contributed by atoms with Crippen LogP contribution in [0.4, 0.5) is 10.2 Å². The van der Waals surface area contributed by atoms with Gasteiger partial charge in [-0.05, 0) is 62.2 Å². The molecule has 2 bridgehead atoms. The predicted molar refractivity (Wildman–Crippen MR) is 145 cm³/mol. The molecule has 4 aromatic rings. The highest BCUT2D eigenvalue weighted by Crippen LogP contribution is 2.38. The van der Waals surface area contributed by atoms with E-state index in [2.05, 4.69) is 32.1 Å². The van der Waals surface area contributed by atoms with Crippen LogP contribution in [0.2, 0.25) is 0 Å². The van der Waals surface area contributed by atoms with Gasteiger partial charge in [0.15, 0.2) is 5.82 Å². The minimum atomic E-state index is -0.537. The van der Waals surface area contributed by atoms with E-state index in [-0.39, 0.29) is 29.0 Å². The molecule has 4 aliphatic rings. The molecule has 2 aromatic heterocycles. The lowest BCUT2D eigenvalue weighted by Gasteiger charge is -2.46. The highest BCUT2D eigenvalue weighted by molar-refractivity contribution is 5.99. The van der Waals surface area contributed by atoms with Crippen LogP contribution in [-0.2, 0) is 0 Å². The standard InChI is InChI=1S/C29H31FN6O2/c1-35-10-4-6-20(35)16-38-29-33-27-24(28(34-29)36-15-18-8-9-19(36)13-31-18)14-32-26(25(27)30)23-12-21(37)11-17-5-2-3-7-22(17)23/h2-3,5,7,11-12,14,18-20,31,37H,4,6,8-10,13,15-16H2,1H3/t18-,19-,20+/m1/s1. The average Bonchev–Trinajstić information content (AvgIpc) is 3.36. The summed E-state index contributed by atoms with van der Waals surface area (Å²) in [5, 5.41) is 16.2. The van der Waals surface area contributed by atoms with Gasteiger partial charge < -0.3 is 25.0 Å². The van der Waals surface area contributed by atoms with Gasteiger partial charge in [0, 0.05) is 43.0 Å². The predicted octanol–water partition coefficient (Wildman–Crippen LogP) is 4.10. The fourth-order valence-electron chi connectivity index (χ4n) is 6.31. The van der Waals surface area contributed by atoms with Crippen LogP contribution in [0.5, 0.6) is 11.8 Å². The van der Waals surface area contributed by atoms with Crippen LogP contribution in [0.25, 0.3) is 32.9 Å². The SMILES string of the molecule is CN1CCC[C@H]1COc1nc(N2C[C@H]3CC[C@@H]2CN3)c2cnc(-c3cc(O)cc4ccccc34)c(F)c2n1. The van der Waals surface area contributed by atoms with E-state index in [4.69, 9.17) is 9.72 Å². The van der Waals surface area contributed by atoms with Gasteiger partial charge in [-0.1, -0.05) is 24.3 Å². The number of pyridine rings is 1. The van der Waals surface area contributed by atoms with Crippen molar-refractivity contribution in [3.05, 3.63) is 48.4 Å². The summed E-state index contributed by atoms with van der Waals surface area (Å²) in [4.78, 5) is 18.6. The van der Waals surface area contributed by atoms with E-state index < -0.39 is 5.82 Å². The van der Waals surface area contributed by atoms with Gasteiger partial charge in [-0.3, -0.25) is 4.98 Å². The Morgan fingerprint density at radius 2 is 2.03 bits per heavy atom. The number of phenols is 1. The van der Waals surface area contributed by atoms with E-state index in [1.54, 1.807) is 18.3 Å². The number of nitrogens with zero attached hydrogens (tertiary/aromatic N) is 5. The number of likely N-dealkylation sites (N-methyl/N-ethyl adjacent to an activating group) is 1. The summed E-state index contributed by atoms with van der Waals surface area (Å²) in [6.07, 6.45) is 6.07. The Morgan fingerprint density at radius 3 is 2.79 bits per heavy atom. The number of rotatable bonds is 5. The molecule has 0 radical (unpaired) electrons. The molecule has 38 heavy (non-hydrogen) atoms. The second kappa shape index (κ2) is 9.32. The molecule has 8 nitrogen and oxygen atoms in total. The molecule has 4 saturated heterocycles. The van der Waals surface area contributed by atoms with Crippen molar-refractivity contribution in [1.82, 2.24) is 25.2 Å². The maximum Gasteiger partial charge on any atom is 0.319 e. The molecule has 3 atom stereocenters. The highest BCUT2D eigenvalue weighted by atomic mass is 19.1. The summed E-state index contributed by atoms with van der Waals surface area (Å²) in [7, 11) is 2.10. The van der Waals surface area contributed by atoms with Crippen molar-refractivity contribution in [3.8, 4) is 23.0 Å². The number of hydrogen-bond acceptors (Lipinski definition) is 8. The lowest BCUT2D eigenvalue weighted by atomic mass is 9.93. The molecule has 8 rings (SSSR count). The Balaban J connectivity index is 1.37. The molecule has 196 valence electrons. The van der Waals surface area contributed by atoms with E-state index in [9.17, 15) is 5.11 Å². The minimum Gasteiger partial charge on any atom is -0.508 e. The number of anilines is 1. The highest BCUT2D eigenvalue weighted by Gasteiger charge is 2.36. The second-order valence-corrected chi connectivity index (χ2v) is 10.8. The Labute approximate surface area is 220 Å². The first kappa shape index (κ1) is 23.5. The van der Waals surface area contributed by atoms with Crippen LogP contribution in [0.1, 0.15) is 25.7 Å². The van der Waals surface area contributed by atoms with E-state index >= 15 is 4.39 Å². The third kappa shape index (κ3) is 4.01. The summed E-state index contributed by atoms with van der Waals surface area (Å²) in [6, 6.07) is 12.0. The molecule has 9 heteroatoms. The van der Waals surface area contributed by atoms with Gasteiger partial charge in [0.05, 0.1) is 5.39 Å². The van der Waals surface area contributed by atoms with E-state index in [0.29, 0.717) is 35.5 Å². The van der Waals surface area contributed by atoms with Crippen LogP contribution in [-0.4, -0.2) is 76.4 Å². The first-order valence-electron chi connectivity index (χ1n) is 13.5. The third-order valence-electron chi connectivity index (χ3n) is 8.44. The quantitative estimate of drug-likeness (QED) is 0.412. The van der Waals surface area contributed by atoms with Gasteiger partial charge in [0.1, 0.15) is 29.4 Å². The van der Waals surface area contributed by atoms with Crippen LogP contribution in [0.15, 0.2) is 42.6 Å². The van der Waals surface area contributed by atoms with E-state index in [1.165, 1.54) is 0 Å². The first-order valence-corrected chi connectivity index (χ1v) is 13.5. The van der Waals surface area contributed by atoms with Crippen LogP contribution in [0, 0.1) is 5.82 Å². The smallest absolute Gasteiger partial charge is 0.319 e. The summed E-state index contributed by atoms with van der Waals surface area (Å²) < 4.78 is 22.5.